The molecule has 1 amide bonds. The molecule has 0 bridgehead atoms. The van der Waals surface area contributed by atoms with E-state index in [0.717, 1.165) is 0 Å². The highest BCUT2D eigenvalue weighted by atomic mass is 79.9. The second-order valence-electron chi connectivity index (χ2n) is 3.61. The second kappa shape index (κ2) is 5.32. The summed E-state index contributed by atoms with van der Waals surface area (Å²) in [5.74, 6) is -0.0620. The first kappa shape index (κ1) is 12.3. The monoisotopic (exact) mass is 275 g/mol. The van der Waals surface area contributed by atoms with E-state index < -0.39 is 0 Å². The average molecular weight is 276 g/mol. The maximum atomic E-state index is 11.7. The van der Waals surface area contributed by atoms with Crippen molar-refractivity contribution in [3.63, 3.8) is 0 Å². The Morgan fingerprint density at radius 2 is 2.33 bits per heavy atom. The van der Waals surface area contributed by atoms with Gasteiger partial charge in [0, 0.05) is 0 Å². The number of halogens is 1. The van der Waals surface area contributed by atoms with Gasteiger partial charge in [-0.05, 0) is 27.9 Å². The number of nitrogens with one attached hydrogen (secondary N) is 1. The van der Waals surface area contributed by atoms with Gasteiger partial charge in [0.2, 0.25) is 0 Å². The summed E-state index contributed by atoms with van der Waals surface area (Å²) in [6.07, 6.45) is 1.43. The molecule has 5 heteroatoms. The van der Waals surface area contributed by atoms with Crippen molar-refractivity contribution in [1.29, 1.82) is 0 Å². The molecular formula is C10H14BrNO3. The number of hydrogen-bond donors (Lipinski definition) is 2. The Labute approximate surface area is 96.8 Å². The van der Waals surface area contributed by atoms with Crippen LogP contribution in [0.3, 0.4) is 0 Å². The first-order valence-electron chi connectivity index (χ1n) is 4.71. The van der Waals surface area contributed by atoms with Crippen molar-refractivity contribution in [1.82, 2.24) is 5.32 Å². The molecule has 0 aliphatic carbocycles. The first-order valence-corrected chi connectivity index (χ1v) is 5.50. The number of furan rings is 1. The van der Waals surface area contributed by atoms with Crippen LogP contribution in [-0.2, 0) is 0 Å². The number of amides is 1. The largest absolute Gasteiger partial charge is 0.457 e. The summed E-state index contributed by atoms with van der Waals surface area (Å²) >= 11 is 3.13. The van der Waals surface area contributed by atoms with Gasteiger partial charge in [-0.2, -0.15) is 0 Å². The highest BCUT2D eigenvalue weighted by molar-refractivity contribution is 9.10. The molecule has 0 aliphatic rings. The molecule has 0 saturated carbocycles. The third-order valence-electron chi connectivity index (χ3n) is 2.18. The molecular weight excluding hydrogens is 262 g/mol. The second-order valence-corrected chi connectivity index (χ2v) is 4.33. The normalized spacial score (nSPS) is 12.9. The number of aliphatic hydroxyl groups excluding tert-OH is 1. The zero-order valence-electron chi connectivity index (χ0n) is 8.66. The van der Waals surface area contributed by atoms with Crippen LogP contribution in [0, 0.1) is 5.92 Å². The molecule has 84 valence electrons. The van der Waals surface area contributed by atoms with E-state index in [-0.39, 0.29) is 24.5 Å². The third-order valence-corrected chi connectivity index (χ3v) is 2.79. The minimum absolute atomic E-state index is 0.0706. The Hall–Kier alpha value is -0.810. The molecule has 1 rings (SSSR count). The van der Waals surface area contributed by atoms with Crippen molar-refractivity contribution in [2.24, 2.45) is 5.92 Å². The summed E-state index contributed by atoms with van der Waals surface area (Å²) in [5, 5.41) is 11.8. The molecule has 4 nitrogen and oxygen atoms in total. The Bertz CT molecular complexity index is 335. The van der Waals surface area contributed by atoms with Crippen LogP contribution in [0.15, 0.2) is 21.4 Å². The van der Waals surface area contributed by atoms with E-state index in [4.69, 9.17) is 9.52 Å². The standard InChI is InChI=1S/C10H14BrNO3/c1-6(2)8(5-13)12-10(14)7-3-4-15-9(7)11/h3-4,6,8,13H,5H2,1-2H3,(H,12,14)/t8-/m1/s1. The highest BCUT2D eigenvalue weighted by Gasteiger charge is 2.18. The topological polar surface area (TPSA) is 62.5 Å². The van der Waals surface area contributed by atoms with Crippen molar-refractivity contribution < 1.29 is 14.3 Å². The Morgan fingerprint density at radius 1 is 1.67 bits per heavy atom. The zero-order valence-corrected chi connectivity index (χ0v) is 10.2. The summed E-state index contributed by atoms with van der Waals surface area (Å²) in [6, 6.07) is 1.34. The van der Waals surface area contributed by atoms with E-state index in [1.54, 1.807) is 6.07 Å². The molecule has 0 aliphatic heterocycles. The maximum absolute atomic E-state index is 11.7. The molecule has 1 aromatic rings. The lowest BCUT2D eigenvalue weighted by Gasteiger charge is -2.19. The number of carbonyl (C=O) groups is 1. The molecule has 0 spiro atoms. The van der Waals surface area contributed by atoms with Gasteiger partial charge in [-0.3, -0.25) is 4.79 Å². The minimum Gasteiger partial charge on any atom is -0.457 e. The van der Waals surface area contributed by atoms with Crippen LogP contribution in [0.5, 0.6) is 0 Å². The molecule has 0 unspecified atom stereocenters. The fourth-order valence-corrected chi connectivity index (χ4v) is 1.55. The van der Waals surface area contributed by atoms with E-state index in [2.05, 4.69) is 21.2 Å². The predicted octanol–water partition coefficient (Wildman–Crippen LogP) is 1.79. The number of hydrogen-bond acceptors (Lipinski definition) is 3. The number of carbonyl (C=O) groups excluding carboxylic acids is 1. The van der Waals surface area contributed by atoms with Crippen molar-refractivity contribution >= 4 is 21.8 Å². The summed E-state index contributed by atoms with van der Waals surface area (Å²) < 4.78 is 5.36. The van der Waals surface area contributed by atoms with E-state index >= 15 is 0 Å². The first-order chi connectivity index (χ1) is 7.06. The SMILES string of the molecule is CC(C)[C@@H](CO)NC(=O)c1ccoc1Br. The quantitative estimate of drug-likeness (QED) is 0.881. The predicted molar refractivity (Wildman–Crippen MR) is 59.6 cm³/mol. The molecule has 0 saturated heterocycles. The Morgan fingerprint density at radius 3 is 2.73 bits per heavy atom. The van der Waals surface area contributed by atoms with Gasteiger partial charge in [0.15, 0.2) is 4.67 Å². The van der Waals surface area contributed by atoms with Crippen LogP contribution in [0.25, 0.3) is 0 Å². The summed E-state index contributed by atoms with van der Waals surface area (Å²) in [6.45, 7) is 3.80. The van der Waals surface area contributed by atoms with Crippen molar-refractivity contribution in [3.05, 3.63) is 22.6 Å². The molecule has 0 aromatic carbocycles. The van der Waals surface area contributed by atoms with Gasteiger partial charge >= 0.3 is 0 Å². The molecule has 1 atom stereocenters. The fourth-order valence-electron chi connectivity index (χ4n) is 1.13. The van der Waals surface area contributed by atoms with Crippen LogP contribution in [0.1, 0.15) is 24.2 Å². The van der Waals surface area contributed by atoms with Crippen molar-refractivity contribution in [3.8, 4) is 0 Å². The molecule has 0 fully saturated rings. The summed E-state index contributed by atoms with van der Waals surface area (Å²) in [7, 11) is 0. The van der Waals surface area contributed by atoms with Crippen LogP contribution in [0.2, 0.25) is 0 Å². The highest BCUT2D eigenvalue weighted by Crippen LogP contribution is 2.17. The van der Waals surface area contributed by atoms with Crippen molar-refractivity contribution in [2.75, 3.05) is 6.61 Å². The van der Waals surface area contributed by atoms with Gasteiger partial charge in [0.1, 0.15) is 0 Å². The van der Waals surface area contributed by atoms with Gasteiger partial charge < -0.3 is 14.8 Å². The lowest BCUT2D eigenvalue weighted by atomic mass is 10.1. The van der Waals surface area contributed by atoms with Gasteiger partial charge in [-0.1, -0.05) is 13.8 Å². The van der Waals surface area contributed by atoms with Gasteiger partial charge in [-0.25, -0.2) is 0 Å². The third kappa shape index (κ3) is 3.07. The van der Waals surface area contributed by atoms with Gasteiger partial charge in [0.05, 0.1) is 24.5 Å². The van der Waals surface area contributed by atoms with Gasteiger partial charge in [0.25, 0.3) is 5.91 Å². The van der Waals surface area contributed by atoms with Crippen LogP contribution in [-0.4, -0.2) is 23.7 Å². The summed E-state index contributed by atoms with van der Waals surface area (Å²) in [5.41, 5.74) is 0.439. The molecule has 2 N–H and O–H groups in total. The van der Waals surface area contributed by atoms with Crippen LogP contribution in [0.4, 0.5) is 0 Å². The van der Waals surface area contributed by atoms with E-state index in [1.807, 2.05) is 13.8 Å². The zero-order chi connectivity index (χ0) is 11.4. The number of aliphatic hydroxyl groups is 1. The van der Waals surface area contributed by atoms with Crippen molar-refractivity contribution in [2.45, 2.75) is 19.9 Å². The Balaban J connectivity index is 2.67. The lowest BCUT2D eigenvalue weighted by molar-refractivity contribution is 0.0895. The minimum atomic E-state index is -0.247. The fraction of sp³-hybridized carbons (Fsp3) is 0.500. The number of rotatable bonds is 4. The molecule has 1 heterocycles. The maximum Gasteiger partial charge on any atom is 0.256 e. The van der Waals surface area contributed by atoms with E-state index in [1.165, 1.54) is 6.26 Å². The molecule has 0 radical (unpaired) electrons. The lowest BCUT2D eigenvalue weighted by Crippen LogP contribution is -2.41. The smallest absolute Gasteiger partial charge is 0.256 e. The van der Waals surface area contributed by atoms with E-state index in [9.17, 15) is 4.79 Å². The van der Waals surface area contributed by atoms with Gasteiger partial charge in [-0.15, -0.1) is 0 Å². The average Bonchev–Trinajstić information content (AvgIpc) is 2.60. The molecule has 1 aromatic heterocycles. The summed E-state index contributed by atoms with van der Waals surface area (Å²) in [4.78, 5) is 11.7. The molecule has 15 heavy (non-hydrogen) atoms. The van der Waals surface area contributed by atoms with Crippen LogP contribution < -0.4 is 5.32 Å². The van der Waals surface area contributed by atoms with E-state index in [0.29, 0.717) is 10.2 Å². The Kier molecular flexibility index (Phi) is 4.35. The van der Waals surface area contributed by atoms with Crippen LogP contribution >= 0.6 is 15.9 Å².